The quantitative estimate of drug-likeness (QED) is 0.732. The normalized spacial score (nSPS) is 14.8. The van der Waals surface area contributed by atoms with Crippen LogP contribution in [0.5, 0.6) is 0 Å². The molecule has 1 aliphatic rings. The molecule has 138 valence electrons. The lowest BCUT2D eigenvalue weighted by molar-refractivity contribution is 0.0388. The number of ether oxygens (including phenoxy) is 1. The van der Waals surface area contributed by atoms with Crippen molar-refractivity contribution in [3.05, 3.63) is 54.2 Å². The van der Waals surface area contributed by atoms with Crippen molar-refractivity contribution in [2.75, 3.05) is 44.7 Å². The number of hydrogen-bond donors (Lipinski definition) is 2. The van der Waals surface area contributed by atoms with E-state index in [2.05, 4.69) is 26.6 Å². The Hall–Kier alpha value is -2.09. The number of benzene rings is 1. The highest BCUT2D eigenvalue weighted by atomic mass is 32.2. The minimum absolute atomic E-state index is 0.173. The summed E-state index contributed by atoms with van der Waals surface area (Å²) in [6.45, 7) is 4.88. The predicted molar refractivity (Wildman–Crippen MR) is 105 cm³/mol. The number of rotatable bonds is 7. The van der Waals surface area contributed by atoms with E-state index in [0.29, 0.717) is 6.54 Å². The molecule has 1 aliphatic heterocycles. The average molecular weight is 372 g/mol. The van der Waals surface area contributed by atoms with E-state index in [1.165, 1.54) is 0 Å². The van der Waals surface area contributed by atoms with E-state index in [4.69, 9.17) is 4.74 Å². The van der Waals surface area contributed by atoms with E-state index in [9.17, 15) is 4.79 Å². The minimum atomic E-state index is -0.173. The first-order valence-corrected chi connectivity index (χ1v) is 9.76. The lowest BCUT2D eigenvalue weighted by Crippen LogP contribution is -2.42. The molecule has 1 aromatic heterocycles. The number of nitrogens with one attached hydrogen (secondary N) is 2. The summed E-state index contributed by atoms with van der Waals surface area (Å²) in [6, 6.07) is 13.6. The molecule has 2 aromatic rings. The van der Waals surface area contributed by atoms with Gasteiger partial charge >= 0.3 is 6.03 Å². The van der Waals surface area contributed by atoms with Crippen molar-refractivity contribution >= 4 is 23.5 Å². The lowest BCUT2D eigenvalue weighted by Gasteiger charge is -2.26. The number of thioether (sulfide) groups is 1. The highest BCUT2D eigenvalue weighted by molar-refractivity contribution is 7.98. The van der Waals surface area contributed by atoms with Crippen molar-refractivity contribution in [1.82, 2.24) is 15.2 Å². The fraction of sp³-hybridized carbons (Fsp3) is 0.368. The summed E-state index contributed by atoms with van der Waals surface area (Å²) < 4.78 is 5.32. The number of amides is 2. The summed E-state index contributed by atoms with van der Waals surface area (Å²) >= 11 is 1.68. The molecule has 1 saturated heterocycles. The molecule has 1 fully saturated rings. The van der Waals surface area contributed by atoms with Crippen molar-refractivity contribution < 1.29 is 9.53 Å². The number of carbonyl (C=O) groups is 1. The lowest BCUT2D eigenvalue weighted by atomic mass is 10.2. The van der Waals surface area contributed by atoms with Gasteiger partial charge in [0, 0.05) is 43.8 Å². The monoisotopic (exact) mass is 372 g/mol. The van der Waals surface area contributed by atoms with Crippen LogP contribution >= 0.6 is 11.8 Å². The SMILES string of the molecule is O=C(NCCN1CCOCC1)Nc1cccc(CSc2ccccn2)c1. The van der Waals surface area contributed by atoms with Gasteiger partial charge in [0.2, 0.25) is 0 Å². The van der Waals surface area contributed by atoms with Gasteiger partial charge in [-0.05, 0) is 29.8 Å². The third kappa shape index (κ3) is 6.33. The summed E-state index contributed by atoms with van der Waals surface area (Å²) in [7, 11) is 0. The van der Waals surface area contributed by atoms with Crippen molar-refractivity contribution in [3.8, 4) is 0 Å². The number of carbonyl (C=O) groups excluding carboxylic acids is 1. The third-order valence-corrected chi connectivity index (χ3v) is 5.04. The molecule has 3 rings (SSSR count). The van der Waals surface area contributed by atoms with Gasteiger partial charge in [0.25, 0.3) is 0 Å². The van der Waals surface area contributed by atoms with Crippen LogP contribution in [-0.2, 0) is 10.5 Å². The topological polar surface area (TPSA) is 66.5 Å². The van der Waals surface area contributed by atoms with Gasteiger partial charge in [0.05, 0.1) is 18.2 Å². The predicted octanol–water partition coefficient (Wildman–Crippen LogP) is 2.83. The second-order valence-corrected chi connectivity index (χ2v) is 6.99. The molecule has 6 nitrogen and oxygen atoms in total. The summed E-state index contributed by atoms with van der Waals surface area (Å²) in [4.78, 5) is 18.7. The molecule has 0 radical (unpaired) electrons. The first-order valence-electron chi connectivity index (χ1n) is 8.77. The van der Waals surface area contributed by atoms with Crippen LogP contribution in [0.3, 0.4) is 0 Å². The molecule has 0 saturated carbocycles. The van der Waals surface area contributed by atoms with Gasteiger partial charge in [-0.15, -0.1) is 11.8 Å². The van der Waals surface area contributed by atoms with E-state index < -0.39 is 0 Å². The highest BCUT2D eigenvalue weighted by Crippen LogP contribution is 2.22. The first kappa shape index (κ1) is 18.7. The number of pyridine rings is 1. The number of urea groups is 1. The van der Waals surface area contributed by atoms with Crippen molar-refractivity contribution in [1.29, 1.82) is 0 Å². The Morgan fingerprint density at radius 2 is 2.08 bits per heavy atom. The van der Waals surface area contributed by atoms with Crippen LogP contribution in [0.15, 0.2) is 53.7 Å². The standard InChI is InChI=1S/C19H24N4O2S/c24-19(21-8-9-23-10-12-25-13-11-23)22-17-5-3-4-16(14-17)15-26-18-6-1-2-7-20-18/h1-7,14H,8-13,15H2,(H2,21,22,24). The van der Waals surface area contributed by atoms with Crippen LogP contribution in [0.2, 0.25) is 0 Å². The summed E-state index contributed by atoms with van der Waals surface area (Å²) in [6.07, 6.45) is 1.79. The summed E-state index contributed by atoms with van der Waals surface area (Å²) in [5.41, 5.74) is 1.94. The molecule has 2 heterocycles. The minimum Gasteiger partial charge on any atom is -0.379 e. The summed E-state index contributed by atoms with van der Waals surface area (Å²) in [5, 5.41) is 6.80. The molecule has 0 aliphatic carbocycles. The number of aromatic nitrogens is 1. The fourth-order valence-electron chi connectivity index (χ4n) is 2.66. The fourth-order valence-corrected chi connectivity index (χ4v) is 3.46. The molecule has 2 N–H and O–H groups in total. The highest BCUT2D eigenvalue weighted by Gasteiger charge is 2.10. The molecule has 0 unspecified atom stereocenters. The Balaban J connectivity index is 1.41. The zero-order chi connectivity index (χ0) is 18.0. The zero-order valence-corrected chi connectivity index (χ0v) is 15.5. The Bertz CT molecular complexity index is 693. The van der Waals surface area contributed by atoms with Gasteiger partial charge in [-0.25, -0.2) is 9.78 Å². The molecule has 0 spiro atoms. The molecule has 0 bridgehead atoms. The first-order chi connectivity index (χ1) is 12.8. The molecule has 26 heavy (non-hydrogen) atoms. The number of hydrogen-bond acceptors (Lipinski definition) is 5. The Morgan fingerprint density at radius 3 is 2.88 bits per heavy atom. The van der Waals surface area contributed by atoms with E-state index in [1.54, 1.807) is 18.0 Å². The Morgan fingerprint density at radius 1 is 1.19 bits per heavy atom. The molecule has 0 atom stereocenters. The largest absolute Gasteiger partial charge is 0.379 e. The van der Waals surface area contributed by atoms with E-state index in [0.717, 1.165) is 54.9 Å². The van der Waals surface area contributed by atoms with Crippen molar-refractivity contribution in [2.45, 2.75) is 10.8 Å². The second kappa shape index (κ2) is 10.2. The van der Waals surface area contributed by atoms with Crippen molar-refractivity contribution in [2.24, 2.45) is 0 Å². The second-order valence-electron chi connectivity index (χ2n) is 5.99. The maximum absolute atomic E-state index is 12.1. The van der Waals surface area contributed by atoms with Gasteiger partial charge in [-0.2, -0.15) is 0 Å². The van der Waals surface area contributed by atoms with Crippen LogP contribution in [0, 0.1) is 0 Å². The molecular weight excluding hydrogens is 348 g/mol. The molecule has 1 aromatic carbocycles. The summed E-state index contributed by atoms with van der Waals surface area (Å²) in [5.74, 6) is 0.811. The van der Waals surface area contributed by atoms with E-state index >= 15 is 0 Å². The number of anilines is 1. The van der Waals surface area contributed by atoms with Gasteiger partial charge in [-0.3, -0.25) is 4.90 Å². The maximum atomic E-state index is 12.1. The van der Waals surface area contributed by atoms with Crippen LogP contribution in [0.4, 0.5) is 10.5 Å². The van der Waals surface area contributed by atoms with Gasteiger partial charge < -0.3 is 15.4 Å². The molecule has 2 amide bonds. The Labute approximate surface area is 158 Å². The van der Waals surface area contributed by atoms with Gasteiger partial charge in [-0.1, -0.05) is 18.2 Å². The average Bonchev–Trinajstić information content (AvgIpc) is 2.68. The number of morpholine rings is 1. The molecular formula is C19H24N4O2S. The molecule has 7 heteroatoms. The smallest absolute Gasteiger partial charge is 0.319 e. The van der Waals surface area contributed by atoms with Gasteiger partial charge in [0.1, 0.15) is 0 Å². The Kier molecular flexibility index (Phi) is 7.30. The van der Waals surface area contributed by atoms with Crippen LogP contribution < -0.4 is 10.6 Å². The van der Waals surface area contributed by atoms with Crippen LogP contribution in [0.1, 0.15) is 5.56 Å². The van der Waals surface area contributed by atoms with E-state index in [-0.39, 0.29) is 6.03 Å². The maximum Gasteiger partial charge on any atom is 0.319 e. The van der Waals surface area contributed by atoms with Gasteiger partial charge in [0.15, 0.2) is 0 Å². The van der Waals surface area contributed by atoms with Crippen LogP contribution in [-0.4, -0.2) is 55.3 Å². The van der Waals surface area contributed by atoms with Crippen LogP contribution in [0.25, 0.3) is 0 Å². The third-order valence-electron chi connectivity index (χ3n) is 4.03. The zero-order valence-electron chi connectivity index (χ0n) is 14.7. The van der Waals surface area contributed by atoms with Crippen molar-refractivity contribution in [3.63, 3.8) is 0 Å². The van der Waals surface area contributed by atoms with E-state index in [1.807, 2.05) is 36.4 Å². The number of nitrogens with zero attached hydrogens (tertiary/aromatic N) is 2.